The minimum Gasteiger partial charge on any atom is -0.493 e. The molecule has 0 saturated carbocycles. The fourth-order valence-corrected chi connectivity index (χ4v) is 3.20. The first-order valence-electron chi connectivity index (χ1n) is 7.00. The molecular weight excluding hydrogens is 258 g/mol. The Balaban J connectivity index is 1.78. The predicted octanol–water partition coefficient (Wildman–Crippen LogP) is 2.66. The number of piperidine rings is 1. The van der Waals surface area contributed by atoms with E-state index in [4.69, 9.17) is 9.47 Å². The van der Waals surface area contributed by atoms with E-state index in [1.807, 2.05) is 17.8 Å². The molecule has 1 atom stereocenters. The van der Waals surface area contributed by atoms with Crippen molar-refractivity contribution in [3.63, 3.8) is 0 Å². The van der Waals surface area contributed by atoms with Gasteiger partial charge in [-0.3, -0.25) is 0 Å². The van der Waals surface area contributed by atoms with Gasteiger partial charge in [0.15, 0.2) is 11.5 Å². The van der Waals surface area contributed by atoms with Crippen LogP contribution in [0.25, 0.3) is 0 Å². The molecule has 2 heterocycles. The number of thioether (sulfide) groups is 1. The summed E-state index contributed by atoms with van der Waals surface area (Å²) in [6.07, 6.45) is 2.88. The zero-order valence-electron chi connectivity index (χ0n) is 11.4. The van der Waals surface area contributed by atoms with Crippen LogP contribution in [0.3, 0.4) is 0 Å². The highest BCUT2D eigenvalue weighted by Crippen LogP contribution is 2.35. The van der Waals surface area contributed by atoms with Gasteiger partial charge in [0, 0.05) is 18.1 Å². The number of benzene rings is 1. The second kappa shape index (κ2) is 6.06. The van der Waals surface area contributed by atoms with Crippen molar-refractivity contribution in [2.24, 2.45) is 0 Å². The van der Waals surface area contributed by atoms with E-state index >= 15 is 0 Å². The highest BCUT2D eigenvalue weighted by Gasteiger charge is 2.23. The molecular formula is C15H21NO2S. The molecule has 3 nitrogen and oxygen atoms in total. The topological polar surface area (TPSA) is 30.5 Å². The highest BCUT2D eigenvalue weighted by atomic mass is 32.2. The Bertz CT molecular complexity index is 428. The molecule has 1 aromatic carbocycles. The van der Waals surface area contributed by atoms with Gasteiger partial charge in [0.1, 0.15) is 6.10 Å². The van der Waals surface area contributed by atoms with Gasteiger partial charge >= 0.3 is 0 Å². The van der Waals surface area contributed by atoms with E-state index in [9.17, 15) is 0 Å². The smallest absolute Gasteiger partial charge is 0.161 e. The molecule has 4 heteroatoms. The van der Waals surface area contributed by atoms with Gasteiger partial charge in [-0.15, -0.1) is 0 Å². The Morgan fingerprint density at radius 3 is 2.79 bits per heavy atom. The fraction of sp³-hybridized carbons (Fsp3) is 0.600. The summed E-state index contributed by atoms with van der Waals surface area (Å²) in [5, 5.41) is 3.47. The maximum Gasteiger partial charge on any atom is 0.161 e. The molecule has 0 amide bonds. The molecule has 1 aromatic rings. The largest absolute Gasteiger partial charge is 0.493 e. The van der Waals surface area contributed by atoms with Crippen LogP contribution >= 0.6 is 11.8 Å². The van der Waals surface area contributed by atoms with Crippen LogP contribution in [-0.4, -0.2) is 37.8 Å². The third-order valence-electron chi connectivity index (χ3n) is 3.86. The predicted molar refractivity (Wildman–Crippen MR) is 79.6 cm³/mol. The number of hydrogen-bond acceptors (Lipinski definition) is 4. The van der Waals surface area contributed by atoms with Crippen molar-refractivity contribution in [3.05, 3.63) is 23.8 Å². The van der Waals surface area contributed by atoms with E-state index < -0.39 is 0 Å². The van der Waals surface area contributed by atoms with Crippen LogP contribution in [0, 0.1) is 0 Å². The molecule has 0 bridgehead atoms. The van der Waals surface area contributed by atoms with Gasteiger partial charge in [-0.25, -0.2) is 0 Å². The molecule has 0 aromatic heterocycles. The van der Waals surface area contributed by atoms with E-state index in [-0.39, 0.29) is 0 Å². The van der Waals surface area contributed by atoms with Crippen molar-refractivity contribution in [3.8, 4) is 11.5 Å². The highest BCUT2D eigenvalue weighted by molar-refractivity contribution is 8.00. The molecule has 0 spiro atoms. The monoisotopic (exact) mass is 279 g/mol. The summed E-state index contributed by atoms with van der Waals surface area (Å²) >= 11 is 1.93. The van der Waals surface area contributed by atoms with Crippen molar-refractivity contribution in [2.45, 2.75) is 24.9 Å². The number of ether oxygens (including phenoxy) is 2. The summed E-state index contributed by atoms with van der Waals surface area (Å²) in [5.41, 5.74) is 1.37. The van der Waals surface area contributed by atoms with Gasteiger partial charge in [0.05, 0.1) is 7.11 Å². The van der Waals surface area contributed by atoms with Crippen LogP contribution < -0.4 is 14.8 Å². The molecule has 1 unspecified atom stereocenters. The minimum atomic E-state index is 0.360. The third-order valence-corrected chi connectivity index (χ3v) is 5.07. The second-order valence-electron chi connectivity index (χ2n) is 5.23. The number of nitrogens with one attached hydrogen (secondary N) is 1. The Morgan fingerprint density at radius 2 is 2.16 bits per heavy atom. The maximum atomic E-state index is 6.04. The number of rotatable bonds is 4. The van der Waals surface area contributed by atoms with Crippen LogP contribution in [0.15, 0.2) is 18.2 Å². The van der Waals surface area contributed by atoms with Crippen molar-refractivity contribution < 1.29 is 9.47 Å². The lowest BCUT2D eigenvalue weighted by atomic mass is 9.91. The molecule has 2 aliphatic rings. The Kier molecular flexibility index (Phi) is 4.18. The van der Waals surface area contributed by atoms with E-state index in [1.54, 1.807) is 7.11 Å². The zero-order valence-corrected chi connectivity index (χ0v) is 12.2. The first-order valence-corrected chi connectivity index (χ1v) is 8.15. The van der Waals surface area contributed by atoms with E-state index in [1.165, 1.54) is 18.4 Å². The molecule has 2 saturated heterocycles. The molecule has 2 fully saturated rings. The van der Waals surface area contributed by atoms with Crippen LogP contribution in [0.5, 0.6) is 11.5 Å². The lowest BCUT2D eigenvalue weighted by molar-refractivity contribution is 0.228. The lowest BCUT2D eigenvalue weighted by Gasteiger charge is -2.28. The normalized spacial score (nSPS) is 23.7. The first kappa shape index (κ1) is 13.1. The molecule has 19 heavy (non-hydrogen) atoms. The zero-order chi connectivity index (χ0) is 13.1. The van der Waals surface area contributed by atoms with Crippen LogP contribution in [-0.2, 0) is 0 Å². The van der Waals surface area contributed by atoms with Gasteiger partial charge in [-0.2, -0.15) is 11.8 Å². The Labute approximate surface area is 119 Å². The summed E-state index contributed by atoms with van der Waals surface area (Å²) in [7, 11) is 1.71. The summed E-state index contributed by atoms with van der Waals surface area (Å²) in [5.74, 6) is 4.56. The van der Waals surface area contributed by atoms with E-state index in [2.05, 4.69) is 17.4 Å². The molecule has 0 radical (unpaired) electrons. The van der Waals surface area contributed by atoms with Crippen molar-refractivity contribution in [1.29, 1.82) is 0 Å². The summed E-state index contributed by atoms with van der Waals surface area (Å²) in [6.45, 7) is 2.22. The SMILES string of the molecule is COc1ccc(C2CCCNC2)cc1OC1CSC1. The second-order valence-corrected chi connectivity index (χ2v) is 6.31. The van der Waals surface area contributed by atoms with Gasteiger partial charge < -0.3 is 14.8 Å². The van der Waals surface area contributed by atoms with E-state index in [0.717, 1.165) is 36.1 Å². The Hall–Kier alpha value is -0.870. The average Bonchev–Trinajstić information content (AvgIpc) is 2.43. The van der Waals surface area contributed by atoms with Crippen LogP contribution in [0.4, 0.5) is 0 Å². The standard InChI is InChI=1S/C15H21NO2S/c1-17-14-5-4-11(12-3-2-6-16-8-12)7-15(14)18-13-9-19-10-13/h4-5,7,12-13,16H,2-3,6,8-10H2,1H3. The summed E-state index contributed by atoms with van der Waals surface area (Å²) in [6, 6.07) is 6.41. The van der Waals surface area contributed by atoms with Gasteiger partial charge in [-0.05, 0) is 43.0 Å². The summed E-state index contributed by atoms with van der Waals surface area (Å²) < 4.78 is 11.4. The molecule has 1 N–H and O–H groups in total. The van der Waals surface area contributed by atoms with Crippen LogP contribution in [0.1, 0.15) is 24.3 Å². The van der Waals surface area contributed by atoms with Crippen molar-refractivity contribution >= 4 is 11.8 Å². The Morgan fingerprint density at radius 1 is 1.26 bits per heavy atom. The average molecular weight is 279 g/mol. The number of methoxy groups -OCH3 is 1. The fourth-order valence-electron chi connectivity index (χ4n) is 2.64. The lowest BCUT2D eigenvalue weighted by Crippen LogP contribution is -2.31. The molecule has 2 aliphatic heterocycles. The minimum absolute atomic E-state index is 0.360. The quantitative estimate of drug-likeness (QED) is 0.918. The molecule has 0 aliphatic carbocycles. The van der Waals surface area contributed by atoms with Gasteiger partial charge in [0.2, 0.25) is 0 Å². The molecule has 3 rings (SSSR count). The molecule has 104 valence electrons. The van der Waals surface area contributed by atoms with E-state index in [0.29, 0.717) is 12.0 Å². The summed E-state index contributed by atoms with van der Waals surface area (Å²) in [4.78, 5) is 0. The third kappa shape index (κ3) is 3.00. The number of hydrogen-bond donors (Lipinski definition) is 1. The maximum absolute atomic E-state index is 6.04. The first-order chi connectivity index (χ1) is 9.36. The van der Waals surface area contributed by atoms with Gasteiger partial charge in [-0.1, -0.05) is 6.07 Å². The van der Waals surface area contributed by atoms with Crippen LogP contribution in [0.2, 0.25) is 0 Å². The van der Waals surface area contributed by atoms with Gasteiger partial charge in [0.25, 0.3) is 0 Å². The van der Waals surface area contributed by atoms with Crippen molar-refractivity contribution in [1.82, 2.24) is 5.32 Å². The van der Waals surface area contributed by atoms with Crippen molar-refractivity contribution in [2.75, 3.05) is 31.7 Å².